The molecule has 0 aliphatic carbocycles. The average Bonchev–Trinajstić information content (AvgIpc) is 2.80. The van der Waals surface area contributed by atoms with Crippen LogP contribution in [0.15, 0.2) is 48.5 Å². The number of ether oxygens (including phenoxy) is 2. The molecule has 0 spiro atoms. The van der Waals surface area contributed by atoms with E-state index in [2.05, 4.69) is 26.0 Å². The smallest absolute Gasteiger partial charge is 0.264 e. The van der Waals surface area contributed by atoms with Gasteiger partial charge in [0.15, 0.2) is 0 Å². The van der Waals surface area contributed by atoms with Crippen LogP contribution in [0.4, 0.5) is 0 Å². The topological polar surface area (TPSA) is 72.8 Å². The maximum absolute atomic E-state index is 11.0. The molecule has 0 aliphatic rings. The standard InChI is InChI=1S/C27H40O5S/c1-3-5-6-7-8-13-21-31-25-19-15-20-26(27(25)23-16-10-9-11-17-23)32-24(4-2)18-12-14-22-33(28,29)30/h9-11,15-17,19-20,24H,3-8,12-14,18,21-22H2,1-2H3,(H,28,29,30). The van der Waals surface area contributed by atoms with Gasteiger partial charge in [-0.3, -0.25) is 4.55 Å². The monoisotopic (exact) mass is 476 g/mol. The lowest BCUT2D eigenvalue weighted by atomic mass is 10.0. The SMILES string of the molecule is CCCCCCCCOc1cccc(OC(CC)CCCCS(=O)(=O)O)c1-c1ccccc1. The quantitative estimate of drug-likeness (QED) is 0.191. The zero-order valence-corrected chi connectivity index (χ0v) is 21.0. The van der Waals surface area contributed by atoms with E-state index < -0.39 is 10.1 Å². The minimum atomic E-state index is -3.91. The lowest BCUT2D eigenvalue weighted by molar-refractivity contribution is 0.183. The Morgan fingerprint density at radius 3 is 2.21 bits per heavy atom. The van der Waals surface area contributed by atoms with Gasteiger partial charge in [-0.1, -0.05) is 82.3 Å². The third kappa shape index (κ3) is 10.6. The molecule has 0 amide bonds. The van der Waals surface area contributed by atoms with E-state index in [-0.39, 0.29) is 11.9 Å². The predicted octanol–water partition coefficient (Wildman–Crippen LogP) is 7.31. The van der Waals surface area contributed by atoms with Crippen LogP contribution in [0, 0.1) is 0 Å². The van der Waals surface area contributed by atoms with Crippen molar-refractivity contribution in [1.29, 1.82) is 0 Å². The number of benzene rings is 2. The van der Waals surface area contributed by atoms with Crippen molar-refractivity contribution < 1.29 is 22.4 Å². The molecular weight excluding hydrogens is 436 g/mol. The van der Waals surface area contributed by atoms with Crippen LogP contribution < -0.4 is 9.47 Å². The number of hydrogen-bond acceptors (Lipinski definition) is 4. The van der Waals surface area contributed by atoms with Crippen molar-refractivity contribution in [1.82, 2.24) is 0 Å². The zero-order chi connectivity index (χ0) is 23.9. The predicted molar refractivity (Wildman–Crippen MR) is 136 cm³/mol. The number of rotatable bonds is 17. The van der Waals surface area contributed by atoms with E-state index in [1.165, 1.54) is 32.1 Å². The summed E-state index contributed by atoms with van der Waals surface area (Å²) < 4.78 is 43.5. The minimum Gasteiger partial charge on any atom is -0.493 e. The fourth-order valence-electron chi connectivity index (χ4n) is 3.87. The Morgan fingerprint density at radius 1 is 0.818 bits per heavy atom. The molecule has 0 aliphatic heterocycles. The van der Waals surface area contributed by atoms with E-state index >= 15 is 0 Å². The van der Waals surface area contributed by atoms with Crippen molar-refractivity contribution in [2.45, 2.75) is 84.2 Å². The molecule has 0 aromatic heterocycles. The van der Waals surface area contributed by atoms with Gasteiger partial charge in [0, 0.05) is 0 Å². The fourth-order valence-corrected chi connectivity index (χ4v) is 4.43. The fraction of sp³-hybridized carbons (Fsp3) is 0.556. The van der Waals surface area contributed by atoms with Crippen molar-refractivity contribution in [3.63, 3.8) is 0 Å². The second-order valence-electron chi connectivity index (χ2n) is 8.54. The van der Waals surface area contributed by atoms with E-state index in [0.717, 1.165) is 41.9 Å². The van der Waals surface area contributed by atoms with E-state index in [1.807, 2.05) is 36.4 Å². The minimum absolute atomic E-state index is 0.0392. The van der Waals surface area contributed by atoms with Crippen LogP contribution in [0.3, 0.4) is 0 Å². The lowest BCUT2D eigenvalue weighted by Gasteiger charge is -2.22. The maximum Gasteiger partial charge on any atom is 0.264 e. The van der Waals surface area contributed by atoms with Crippen LogP contribution in [-0.2, 0) is 10.1 Å². The summed E-state index contributed by atoms with van der Waals surface area (Å²) in [5.74, 6) is 1.40. The highest BCUT2D eigenvalue weighted by Gasteiger charge is 2.17. The molecule has 0 fully saturated rings. The van der Waals surface area contributed by atoms with Gasteiger partial charge in [-0.15, -0.1) is 0 Å². The molecule has 0 saturated heterocycles. The molecule has 2 aromatic rings. The number of unbranched alkanes of at least 4 members (excludes halogenated alkanes) is 6. The third-order valence-electron chi connectivity index (χ3n) is 5.73. The number of hydrogen-bond donors (Lipinski definition) is 1. The first-order chi connectivity index (χ1) is 15.9. The second-order valence-corrected chi connectivity index (χ2v) is 10.1. The van der Waals surface area contributed by atoms with Crippen LogP contribution >= 0.6 is 0 Å². The summed E-state index contributed by atoms with van der Waals surface area (Å²) in [6.45, 7) is 4.97. The molecule has 2 aromatic carbocycles. The molecule has 5 nitrogen and oxygen atoms in total. The van der Waals surface area contributed by atoms with Gasteiger partial charge in [-0.2, -0.15) is 8.42 Å². The van der Waals surface area contributed by atoms with Crippen molar-refractivity contribution in [3.05, 3.63) is 48.5 Å². The third-order valence-corrected chi connectivity index (χ3v) is 6.54. The van der Waals surface area contributed by atoms with Gasteiger partial charge in [0.25, 0.3) is 10.1 Å². The van der Waals surface area contributed by atoms with Crippen molar-refractivity contribution in [2.24, 2.45) is 0 Å². The molecule has 0 bridgehead atoms. The van der Waals surface area contributed by atoms with Gasteiger partial charge in [-0.05, 0) is 49.8 Å². The first-order valence-electron chi connectivity index (χ1n) is 12.4. The van der Waals surface area contributed by atoms with Gasteiger partial charge in [-0.25, -0.2) is 0 Å². The molecule has 0 radical (unpaired) electrons. The molecule has 1 atom stereocenters. The molecule has 0 saturated carbocycles. The first kappa shape index (κ1) is 27.2. The molecule has 1 unspecified atom stereocenters. The highest BCUT2D eigenvalue weighted by molar-refractivity contribution is 7.85. The van der Waals surface area contributed by atoms with E-state index in [0.29, 0.717) is 19.4 Å². The van der Waals surface area contributed by atoms with Crippen LogP contribution in [-0.4, -0.2) is 31.4 Å². The van der Waals surface area contributed by atoms with Crippen LogP contribution in [0.2, 0.25) is 0 Å². The van der Waals surface area contributed by atoms with E-state index in [1.54, 1.807) is 0 Å². The van der Waals surface area contributed by atoms with Crippen molar-refractivity contribution in [3.8, 4) is 22.6 Å². The Balaban J connectivity index is 2.07. The largest absolute Gasteiger partial charge is 0.493 e. The normalized spacial score (nSPS) is 12.5. The zero-order valence-electron chi connectivity index (χ0n) is 20.2. The summed E-state index contributed by atoms with van der Waals surface area (Å²) in [7, 11) is -3.91. The Hall–Kier alpha value is -2.05. The first-order valence-corrected chi connectivity index (χ1v) is 14.0. The van der Waals surface area contributed by atoms with Gasteiger partial charge < -0.3 is 9.47 Å². The summed E-state index contributed by atoms with van der Waals surface area (Å²) in [4.78, 5) is 0. The second kappa shape index (κ2) is 15.0. The van der Waals surface area contributed by atoms with Gasteiger partial charge in [0.2, 0.25) is 0 Å². The van der Waals surface area contributed by atoms with Crippen LogP contribution in [0.1, 0.15) is 78.1 Å². The molecule has 184 valence electrons. The van der Waals surface area contributed by atoms with Crippen molar-refractivity contribution >= 4 is 10.1 Å². The Labute approximate surface area is 200 Å². The average molecular weight is 477 g/mol. The Kier molecular flexibility index (Phi) is 12.3. The van der Waals surface area contributed by atoms with Gasteiger partial charge in [0.1, 0.15) is 11.5 Å². The molecule has 6 heteroatoms. The highest BCUT2D eigenvalue weighted by Crippen LogP contribution is 2.39. The summed E-state index contributed by atoms with van der Waals surface area (Å²) >= 11 is 0. The summed E-state index contributed by atoms with van der Waals surface area (Å²) in [5.41, 5.74) is 2.01. The van der Waals surface area contributed by atoms with E-state index in [9.17, 15) is 8.42 Å². The Morgan fingerprint density at radius 2 is 1.52 bits per heavy atom. The van der Waals surface area contributed by atoms with Crippen LogP contribution in [0.25, 0.3) is 11.1 Å². The molecule has 2 rings (SSSR count). The molecule has 0 heterocycles. The molecular formula is C27H40O5S. The summed E-state index contributed by atoms with van der Waals surface area (Å²) in [5, 5.41) is 0. The molecule has 1 N–H and O–H groups in total. The van der Waals surface area contributed by atoms with Gasteiger partial charge in [0.05, 0.1) is 24.0 Å². The lowest BCUT2D eigenvalue weighted by Crippen LogP contribution is -2.16. The highest BCUT2D eigenvalue weighted by atomic mass is 32.2. The summed E-state index contributed by atoms with van der Waals surface area (Å²) in [6, 6.07) is 16.1. The van der Waals surface area contributed by atoms with E-state index in [4.69, 9.17) is 14.0 Å². The van der Waals surface area contributed by atoms with Crippen LogP contribution in [0.5, 0.6) is 11.5 Å². The maximum atomic E-state index is 11.0. The summed E-state index contributed by atoms with van der Waals surface area (Å²) in [6.07, 6.45) is 9.90. The Bertz CT molecular complexity index is 896. The van der Waals surface area contributed by atoms with Crippen molar-refractivity contribution in [2.75, 3.05) is 12.4 Å². The molecule has 33 heavy (non-hydrogen) atoms. The van der Waals surface area contributed by atoms with Gasteiger partial charge >= 0.3 is 0 Å².